The third kappa shape index (κ3) is 2.63. The second kappa shape index (κ2) is 6.40. The highest BCUT2D eigenvalue weighted by Gasteiger charge is 2.31. The van der Waals surface area contributed by atoms with E-state index in [0.29, 0.717) is 11.7 Å². The molecule has 2 heterocycles. The van der Waals surface area contributed by atoms with Gasteiger partial charge in [0, 0.05) is 24.3 Å². The van der Waals surface area contributed by atoms with Crippen LogP contribution in [0.2, 0.25) is 0 Å². The Morgan fingerprint density at radius 3 is 2.71 bits per heavy atom. The van der Waals surface area contributed by atoms with Crippen molar-refractivity contribution in [1.82, 2.24) is 20.0 Å². The van der Waals surface area contributed by atoms with Crippen molar-refractivity contribution in [3.8, 4) is 5.69 Å². The number of fused-ring (bicyclic) bond motifs is 1. The third-order valence-electron chi connectivity index (χ3n) is 5.31. The van der Waals surface area contributed by atoms with E-state index in [1.807, 2.05) is 34.8 Å². The van der Waals surface area contributed by atoms with E-state index in [-0.39, 0.29) is 5.91 Å². The molecule has 1 aromatic heterocycles. The molecule has 1 N–H and O–H groups in total. The third-order valence-corrected chi connectivity index (χ3v) is 5.31. The molecule has 1 aliphatic carbocycles. The smallest absolute Gasteiger partial charge is 0.274 e. The van der Waals surface area contributed by atoms with Gasteiger partial charge < -0.3 is 10.2 Å². The monoisotopic (exact) mass is 324 g/mol. The first-order chi connectivity index (χ1) is 11.8. The summed E-state index contributed by atoms with van der Waals surface area (Å²) in [6, 6.07) is 10.5. The van der Waals surface area contributed by atoms with Gasteiger partial charge in [0.2, 0.25) is 0 Å². The van der Waals surface area contributed by atoms with Crippen molar-refractivity contribution in [2.45, 2.75) is 38.1 Å². The van der Waals surface area contributed by atoms with Gasteiger partial charge in [0.1, 0.15) is 0 Å². The maximum absolute atomic E-state index is 13.1. The molecule has 1 amide bonds. The molecule has 0 saturated carbocycles. The van der Waals surface area contributed by atoms with Crippen molar-refractivity contribution >= 4 is 5.91 Å². The van der Waals surface area contributed by atoms with Crippen LogP contribution in [0.4, 0.5) is 0 Å². The number of rotatable bonds is 3. The predicted molar refractivity (Wildman–Crippen MR) is 93.6 cm³/mol. The number of amides is 1. The Morgan fingerprint density at radius 2 is 1.96 bits per heavy atom. The summed E-state index contributed by atoms with van der Waals surface area (Å²) in [5, 5.41) is 8.09. The first kappa shape index (κ1) is 15.4. The maximum atomic E-state index is 13.1. The van der Waals surface area contributed by atoms with Crippen LogP contribution in [0, 0.1) is 0 Å². The molecule has 2 aromatic rings. The van der Waals surface area contributed by atoms with Crippen LogP contribution in [0.1, 0.15) is 41.0 Å². The topological polar surface area (TPSA) is 50.2 Å². The molecule has 1 aromatic carbocycles. The summed E-state index contributed by atoms with van der Waals surface area (Å²) < 4.78 is 1.98. The molecule has 126 valence electrons. The molecule has 1 saturated heterocycles. The molecule has 2 aliphatic rings. The van der Waals surface area contributed by atoms with Crippen molar-refractivity contribution in [1.29, 1.82) is 0 Å². The fraction of sp³-hybridized carbons (Fsp3) is 0.474. The maximum Gasteiger partial charge on any atom is 0.274 e. The molecule has 1 aliphatic heterocycles. The number of benzene rings is 1. The number of nitrogens with one attached hydrogen (secondary N) is 1. The van der Waals surface area contributed by atoms with Crippen molar-refractivity contribution in [2.75, 3.05) is 20.1 Å². The van der Waals surface area contributed by atoms with Crippen LogP contribution < -0.4 is 5.32 Å². The van der Waals surface area contributed by atoms with E-state index < -0.39 is 0 Å². The number of nitrogens with zero attached hydrogens (tertiary/aromatic N) is 3. The molecule has 0 spiro atoms. The van der Waals surface area contributed by atoms with E-state index in [1.54, 1.807) is 0 Å². The number of carbonyl (C=O) groups is 1. The predicted octanol–water partition coefficient (Wildman–Crippen LogP) is 2.18. The van der Waals surface area contributed by atoms with Crippen molar-refractivity contribution in [3.63, 3.8) is 0 Å². The van der Waals surface area contributed by atoms with E-state index in [1.165, 1.54) is 5.69 Å². The van der Waals surface area contributed by atoms with Gasteiger partial charge in [-0.15, -0.1) is 0 Å². The average Bonchev–Trinajstić information content (AvgIpc) is 3.24. The van der Waals surface area contributed by atoms with Gasteiger partial charge in [-0.1, -0.05) is 18.2 Å². The van der Waals surface area contributed by atoms with E-state index in [4.69, 9.17) is 5.10 Å². The quantitative estimate of drug-likeness (QED) is 0.941. The lowest BCUT2D eigenvalue weighted by molar-refractivity contribution is 0.0695. The minimum Gasteiger partial charge on any atom is -0.337 e. The molecule has 5 nitrogen and oxygen atoms in total. The number of para-hydroxylation sites is 1. The fourth-order valence-electron chi connectivity index (χ4n) is 3.92. The molecular formula is C19H24N4O. The summed E-state index contributed by atoms with van der Waals surface area (Å²) in [5.74, 6) is 0.0785. The number of hydrogen-bond donors (Lipinski definition) is 1. The highest BCUT2D eigenvalue weighted by atomic mass is 16.2. The zero-order chi connectivity index (χ0) is 16.5. The Kier molecular flexibility index (Phi) is 4.10. The molecule has 0 bridgehead atoms. The second-order valence-corrected chi connectivity index (χ2v) is 6.77. The van der Waals surface area contributed by atoms with Gasteiger partial charge in [0.05, 0.1) is 5.69 Å². The van der Waals surface area contributed by atoms with Gasteiger partial charge in [-0.05, 0) is 57.3 Å². The minimum atomic E-state index is 0.0785. The number of hydrogen-bond acceptors (Lipinski definition) is 3. The minimum absolute atomic E-state index is 0.0785. The van der Waals surface area contributed by atoms with Crippen molar-refractivity contribution in [3.05, 3.63) is 47.3 Å². The molecule has 5 heteroatoms. The normalized spacial score (nSPS) is 17.7. The van der Waals surface area contributed by atoms with Crippen LogP contribution in [-0.2, 0) is 12.8 Å². The molecular weight excluding hydrogens is 300 g/mol. The highest BCUT2D eigenvalue weighted by molar-refractivity contribution is 5.94. The molecule has 4 rings (SSSR count). The summed E-state index contributed by atoms with van der Waals surface area (Å²) in [6.07, 6.45) is 5.11. The Hall–Kier alpha value is -2.14. The van der Waals surface area contributed by atoms with Crippen LogP contribution >= 0.6 is 0 Å². The molecule has 24 heavy (non-hydrogen) atoms. The number of aromatic nitrogens is 2. The number of carbonyl (C=O) groups excluding carboxylic acids is 1. The van der Waals surface area contributed by atoms with Gasteiger partial charge >= 0.3 is 0 Å². The largest absolute Gasteiger partial charge is 0.337 e. The van der Waals surface area contributed by atoms with E-state index in [2.05, 4.69) is 17.4 Å². The highest BCUT2D eigenvalue weighted by Crippen LogP contribution is 2.29. The van der Waals surface area contributed by atoms with Crippen molar-refractivity contribution < 1.29 is 4.79 Å². The Labute approximate surface area is 142 Å². The summed E-state index contributed by atoms with van der Waals surface area (Å²) in [6.45, 7) is 1.97. The number of piperidine rings is 1. The SMILES string of the molecule is CN(C(=O)c1nn(-c2ccccc2)c2c1CCC2)C1CCNCC1. The fourth-order valence-corrected chi connectivity index (χ4v) is 3.92. The lowest BCUT2D eigenvalue weighted by Crippen LogP contribution is -2.44. The van der Waals surface area contributed by atoms with Crippen LogP contribution in [0.3, 0.4) is 0 Å². The van der Waals surface area contributed by atoms with E-state index >= 15 is 0 Å². The molecule has 0 unspecified atom stereocenters. The first-order valence-electron chi connectivity index (χ1n) is 8.90. The van der Waals surface area contributed by atoms with Gasteiger partial charge in [-0.25, -0.2) is 4.68 Å². The lowest BCUT2D eigenvalue weighted by Gasteiger charge is -2.31. The molecule has 1 fully saturated rings. The standard InChI is InChI=1S/C19H24N4O/c1-22(14-10-12-20-13-11-14)19(24)18-16-8-5-9-17(16)23(21-18)15-6-3-2-4-7-15/h2-4,6-7,14,20H,5,8-13H2,1H3. The summed E-state index contributed by atoms with van der Waals surface area (Å²) >= 11 is 0. The summed E-state index contributed by atoms with van der Waals surface area (Å²) in [4.78, 5) is 15.0. The van der Waals surface area contributed by atoms with Crippen LogP contribution in [-0.4, -0.2) is 46.8 Å². The van der Waals surface area contributed by atoms with Crippen LogP contribution in [0.15, 0.2) is 30.3 Å². The van der Waals surface area contributed by atoms with Crippen LogP contribution in [0.5, 0.6) is 0 Å². The molecule has 0 radical (unpaired) electrons. The Bertz CT molecular complexity index is 731. The van der Waals surface area contributed by atoms with E-state index in [9.17, 15) is 4.79 Å². The van der Waals surface area contributed by atoms with Gasteiger partial charge in [0.15, 0.2) is 5.69 Å². The first-order valence-corrected chi connectivity index (χ1v) is 8.90. The van der Waals surface area contributed by atoms with Gasteiger partial charge in [0.25, 0.3) is 5.91 Å². The Morgan fingerprint density at radius 1 is 1.21 bits per heavy atom. The van der Waals surface area contributed by atoms with Gasteiger partial charge in [-0.3, -0.25) is 4.79 Å². The zero-order valence-electron chi connectivity index (χ0n) is 14.2. The van der Waals surface area contributed by atoms with Crippen molar-refractivity contribution in [2.24, 2.45) is 0 Å². The zero-order valence-corrected chi connectivity index (χ0v) is 14.2. The van der Waals surface area contributed by atoms with Crippen LogP contribution in [0.25, 0.3) is 5.69 Å². The lowest BCUT2D eigenvalue weighted by atomic mass is 10.0. The van der Waals surface area contributed by atoms with Gasteiger partial charge in [-0.2, -0.15) is 5.10 Å². The van der Waals surface area contributed by atoms with E-state index in [0.717, 1.165) is 56.4 Å². The molecule has 0 atom stereocenters. The summed E-state index contributed by atoms with van der Waals surface area (Å²) in [7, 11) is 1.93. The Balaban J connectivity index is 1.67. The average molecular weight is 324 g/mol. The summed E-state index contributed by atoms with van der Waals surface area (Å²) in [5.41, 5.74) is 4.07. The second-order valence-electron chi connectivity index (χ2n) is 6.77.